The second-order valence-electron chi connectivity index (χ2n) is 4.84. The van der Waals surface area contributed by atoms with Gasteiger partial charge in [0.25, 0.3) is 0 Å². The summed E-state index contributed by atoms with van der Waals surface area (Å²) in [6.45, 7) is 1.37. The van der Waals surface area contributed by atoms with Gasteiger partial charge in [0.1, 0.15) is 29.6 Å². The molecule has 1 atom stereocenters. The standard InChI is InChI=1S/C13H15Cl2N3O2/c14-8-4-9-12(18-10(5-19)17-9)13(11(8)15)20-6-7-2-1-3-16-7/h4,7,16,19H,1-3,5-6H2,(H,17,18). The zero-order valence-electron chi connectivity index (χ0n) is 10.7. The van der Waals surface area contributed by atoms with Crippen LogP contribution in [0, 0.1) is 0 Å². The van der Waals surface area contributed by atoms with Gasteiger partial charge in [0, 0.05) is 6.04 Å². The van der Waals surface area contributed by atoms with Gasteiger partial charge in [-0.25, -0.2) is 4.98 Å². The molecule has 2 heterocycles. The van der Waals surface area contributed by atoms with Gasteiger partial charge in [0.15, 0.2) is 5.75 Å². The van der Waals surface area contributed by atoms with E-state index in [0.29, 0.717) is 45.3 Å². The van der Waals surface area contributed by atoms with Gasteiger partial charge in [-0.15, -0.1) is 0 Å². The lowest BCUT2D eigenvalue weighted by atomic mass is 10.2. The minimum absolute atomic E-state index is 0.173. The highest BCUT2D eigenvalue weighted by Crippen LogP contribution is 2.38. The number of fused-ring (bicyclic) bond motifs is 1. The quantitative estimate of drug-likeness (QED) is 0.810. The van der Waals surface area contributed by atoms with E-state index in [1.165, 1.54) is 0 Å². The van der Waals surface area contributed by atoms with Crippen LogP contribution in [0.15, 0.2) is 6.07 Å². The molecule has 3 rings (SSSR count). The van der Waals surface area contributed by atoms with E-state index in [1.807, 2.05) is 0 Å². The van der Waals surface area contributed by atoms with E-state index >= 15 is 0 Å². The van der Waals surface area contributed by atoms with Crippen molar-refractivity contribution in [2.24, 2.45) is 0 Å². The Bertz CT molecular complexity index is 624. The van der Waals surface area contributed by atoms with Crippen molar-refractivity contribution in [1.82, 2.24) is 15.3 Å². The summed E-state index contributed by atoms with van der Waals surface area (Å²) in [6, 6.07) is 2.02. The van der Waals surface area contributed by atoms with Crippen LogP contribution in [0.5, 0.6) is 5.75 Å². The molecule has 1 aromatic heterocycles. The number of aliphatic hydroxyl groups excluding tert-OH is 1. The molecule has 0 saturated carbocycles. The van der Waals surface area contributed by atoms with Crippen molar-refractivity contribution in [3.63, 3.8) is 0 Å². The number of H-pyrrole nitrogens is 1. The summed E-state index contributed by atoms with van der Waals surface area (Å²) in [5.74, 6) is 0.931. The van der Waals surface area contributed by atoms with E-state index in [2.05, 4.69) is 15.3 Å². The first-order valence-electron chi connectivity index (χ1n) is 6.52. The molecule has 0 radical (unpaired) electrons. The molecule has 1 aliphatic heterocycles. The van der Waals surface area contributed by atoms with Gasteiger partial charge in [-0.2, -0.15) is 0 Å². The fraction of sp³-hybridized carbons (Fsp3) is 0.462. The Morgan fingerprint density at radius 3 is 3.00 bits per heavy atom. The number of imidazole rings is 1. The van der Waals surface area contributed by atoms with Gasteiger partial charge in [0.05, 0.1) is 10.5 Å². The van der Waals surface area contributed by atoms with Crippen LogP contribution >= 0.6 is 23.2 Å². The zero-order valence-corrected chi connectivity index (χ0v) is 12.3. The Kier molecular flexibility index (Phi) is 4.03. The SMILES string of the molecule is OCc1nc2c(OCC3CCCN3)c(Cl)c(Cl)cc2[nH]1. The van der Waals surface area contributed by atoms with E-state index < -0.39 is 0 Å². The number of aromatic amines is 1. The van der Waals surface area contributed by atoms with E-state index in [9.17, 15) is 0 Å². The number of ether oxygens (including phenoxy) is 1. The highest BCUT2D eigenvalue weighted by Gasteiger charge is 2.19. The van der Waals surface area contributed by atoms with Crippen LogP contribution in [-0.4, -0.2) is 34.3 Å². The number of nitrogens with one attached hydrogen (secondary N) is 2. The average molecular weight is 316 g/mol. The smallest absolute Gasteiger partial charge is 0.167 e. The zero-order chi connectivity index (χ0) is 14.1. The van der Waals surface area contributed by atoms with E-state index in [-0.39, 0.29) is 6.61 Å². The Morgan fingerprint density at radius 2 is 2.30 bits per heavy atom. The lowest BCUT2D eigenvalue weighted by molar-refractivity contribution is 0.272. The van der Waals surface area contributed by atoms with E-state index in [0.717, 1.165) is 19.4 Å². The molecule has 7 heteroatoms. The van der Waals surface area contributed by atoms with Crippen molar-refractivity contribution in [3.8, 4) is 5.75 Å². The third-order valence-electron chi connectivity index (χ3n) is 3.42. The van der Waals surface area contributed by atoms with Crippen LogP contribution in [0.2, 0.25) is 10.0 Å². The molecular formula is C13H15Cl2N3O2. The maximum atomic E-state index is 9.16. The minimum Gasteiger partial charge on any atom is -0.488 e. The largest absolute Gasteiger partial charge is 0.488 e. The van der Waals surface area contributed by atoms with Gasteiger partial charge in [0.2, 0.25) is 0 Å². The van der Waals surface area contributed by atoms with Crippen LogP contribution in [0.4, 0.5) is 0 Å². The number of hydrogen-bond acceptors (Lipinski definition) is 4. The summed E-state index contributed by atoms with van der Waals surface area (Å²) < 4.78 is 5.83. The van der Waals surface area contributed by atoms with Crippen molar-refractivity contribution < 1.29 is 9.84 Å². The molecule has 0 bridgehead atoms. The highest BCUT2D eigenvalue weighted by atomic mass is 35.5. The van der Waals surface area contributed by atoms with Gasteiger partial charge < -0.3 is 20.1 Å². The summed E-state index contributed by atoms with van der Waals surface area (Å²) in [5, 5.41) is 13.3. The highest BCUT2D eigenvalue weighted by molar-refractivity contribution is 6.44. The maximum absolute atomic E-state index is 9.16. The Balaban J connectivity index is 1.93. The van der Waals surface area contributed by atoms with Crippen molar-refractivity contribution in [2.45, 2.75) is 25.5 Å². The molecule has 5 nitrogen and oxygen atoms in total. The van der Waals surface area contributed by atoms with Crippen LogP contribution in [-0.2, 0) is 6.61 Å². The molecule has 3 N–H and O–H groups in total. The number of hydrogen-bond donors (Lipinski definition) is 3. The van der Waals surface area contributed by atoms with Crippen molar-refractivity contribution in [3.05, 3.63) is 21.9 Å². The third kappa shape index (κ3) is 2.59. The molecule has 0 amide bonds. The van der Waals surface area contributed by atoms with Crippen LogP contribution < -0.4 is 10.1 Å². The first-order valence-corrected chi connectivity index (χ1v) is 7.28. The monoisotopic (exact) mass is 315 g/mol. The van der Waals surface area contributed by atoms with Gasteiger partial charge in [-0.05, 0) is 25.5 Å². The summed E-state index contributed by atoms with van der Waals surface area (Å²) in [6.07, 6.45) is 2.24. The van der Waals surface area contributed by atoms with Gasteiger partial charge in [-0.3, -0.25) is 0 Å². The van der Waals surface area contributed by atoms with Crippen molar-refractivity contribution in [1.29, 1.82) is 0 Å². The first-order chi connectivity index (χ1) is 9.69. The van der Waals surface area contributed by atoms with Gasteiger partial charge >= 0.3 is 0 Å². The van der Waals surface area contributed by atoms with Gasteiger partial charge in [-0.1, -0.05) is 23.2 Å². The molecule has 1 aromatic carbocycles. The normalized spacial score (nSPS) is 18.9. The summed E-state index contributed by atoms with van der Waals surface area (Å²) in [7, 11) is 0. The second-order valence-corrected chi connectivity index (χ2v) is 5.63. The Labute approximate surface area is 126 Å². The third-order valence-corrected chi connectivity index (χ3v) is 4.19. The lowest BCUT2D eigenvalue weighted by Crippen LogP contribution is -2.28. The average Bonchev–Trinajstić information content (AvgIpc) is 3.08. The molecule has 2 aromatic rings. The van der Waals surface area contributed by atoms with Crippen LogP contribution in [0.3, 0.4) is 0 Å². The summed E-state index contributed by atoms with van der Waals surface area (Å²) in [4.78, 5) is 7.27. The predicted molar refractivity (Wildman–Crippen MR) is 78.6 cm³/mol. The minimum atomic E-state index is -0.173. The van der Waals surface area contributed by atoms with Crippen molar-refractivity contribution in [2.75, 3.05) is 13.2 Å². The number of rotatable bonds is 4. The summed E-state index contributed by atoms with van der Waals surface area (Å²) >= 11 is 12.3. The fourth-order valence-corrected chi connectivity index (χ4v) is 2.80. The number of benzene rings is 1. The second kappa shape index (κ2) is 5.77. The first kappa shape index (κ1) is 13.9. The molecule has 20 heavy (non-hydrogen) atoms. The van der Waals surface area contributed by atoms with Crippen molar-refractivity contribution >= 4 is 34.2 Å². The molecule has 0 spiro atoms. The maximum Gasteiger partial charge on any atom is 0.167 e. The molecular weight excluding hydrogens is 301 g/mol. The summed E-state index contributed by atoms with van der Waals surface area (Å²) in [5.41, 5.74) is 1.30. The number of aromatic nitrogens is 2. The number of nitrogens with zero attached hydrogens (tertiary/aromatic N) is 1. The topological polar surface area (TPSA) is 70.2 Å². The van der Waals surface area contributed by atoms with Crippen LogP contribution in [0.25, 0.3) is 11.0 Å². The molecule has 1 saturated heterocycles. The molecule has 1 fully saturated rings. The van der Waals surface area contributed by atoms with E-state index in [4.69, 9.17) is 33.0 Å². The number of aliphatic hydroxyl groups is 1. The fourth-order valence-electron chi connectivity index (χ4n) is 2.41. The Hall–Kier alpha value is -1.01. The van der Waals surface area contributed by atoms with E-state index in [1.54, 1.807) is 6.07 Å². The Morgan fingerprint density at radius 1 is 1.45 bits per heavy atom. The van der Waals surface area contributed by atoms with Crippen LogP contribution in [0.1, 0.15) is 18.7 Å². The lowest BCUT2D eigenvalue weighted by Gasteiger charge is -2.14. The molecule has 1 unspecified atom stereocenters. The number of halogens is 2. The predicted octanol–water partition coefficient (Wildman–Crippen LogP) is 2.49. The molecule has 108 valence electrons. The molecule has 0 aliphatic carbocycles. The molecule has 1 aliphatic rings.